The van der Waals surface area contributed by atoms with Gasteiger partial charge in [-0.3, -0.25) is 4.79 Å². The van der Waals surface area contributed by atoms with Crippen LogP contribution in [-0.2, 0) is 4.79 Å². The fourth-order valence-corrected chi connectivity index (χ4v) is 12.9. The first kappa shape index (κ1) is 45.8. The highest BCUT2D eigenvalue weighted by Gasteiger charge is 2.60. The first-order chi connectivity index (χ1) is 25.1. The van der Waals surface area contributed by atoms with E-state index in [-0.39, 0.29) is 0 Å². The summed E-state index contributed by atoms with van der Waals surface area (Å²) in [5.74, 6) is 3.93. The van der Waals surface area contributed by atoms with Crippen molar-refractivity contribution >= 4 is 5.97 Å². The zero-order valence-corrected chi connectivity index (χ0v) is 36.2. The van der Waals surface area contributed by atoms with Crippen molar-refractivity contribution in [1.82, 2.24) is 0 Å². The van der Waals surface area contributed by atoms with E-state index >= 15 is 0 Å². The Hall–Kier alpha value is -0.570. The summed E-state index contributed by atoms with van der Waals surface area (Å²) >= 11 is 0. The van der Waals surface area contributed by atoms with Crippen molar-refractivity contribution in [3.05, 3.63) is 0 Å². The Morgan fingerprint density at radius 1 is 0.615 bits per heavy atom. The van der Waals surface area contributed by atoms with Gasteiger partial charge in [0.15, 0.2) is 0 Å². The predicted molar refractivity (Wildman–Crippen MR) is 227 cm³/mol. The molecule has 0 aromatic heterocycles. The van der Waals surface area contributed by atoms with Crippen LogP contribution in [0.25, 0.3) is 0 Å². The number of rotatable bonds is 25. The van der Waals surface area contributed by atoms with E-state index in [1.807, 2.05) is 0 Å². The van der Waals surface area contributed by atoms with Crippen LogP contribution in [-0.4, -0.2) is 16.6 Å². The molecule has 0 spiro atoms. The van der Waals surface area contributed by atoms with Gasteiger partial charge in [0.1, 0.15) is 5.54 Å². The quantitative estimate of drug-likeness (QED) is 0.0920. The average molecular weight is 728 g/mol. The van der Waals surface area contributed by atoms with Gasteiger partial charge >= 0.3 is 5.97 Å². The van der Waals surface area contributed by atoms with Crippen LogP contribution in [0.5, 0.6) is 0 Å². The number of hydrogen-bond donors (Lipinski definition) is 2. The van der Waals surface area contributed by atoms with E-state index < -0.39 is 11.5 Å². The summed E-state index contributed by atoms with van der Waals surface area (Å²) in [6.07, 6.45) is 45.0. The summed E-state index contributed by atoms with van der Waals surface area (Å²) in [5, 5.41) is 9.99. The summed E-state index contributed by atoms with van der Waals surface area (Å²) in [6, 6.07) is 0. The average Bonchev–Trinajstić information content (AvgIpc) is 3.49. The molecule has 0 amide bonds. The Labute approximate surface area is 326 Å². The second-order valence-electron chi connectivity index (χ2n) is 19.9. The van der Waals surface area contributed by atoms with Crippen LogP contribution in [0.1, 0.15) is 253 Å². The van der Waals surface area contributed by atoms with Crippen LogP contribution in [0.2, 0.25) is 0 Å². The monoisotopic (exact) mass is 728 g/mol. The fourth-order valence-electron chi connectivity index (χ4n) is 12.9. The summed E-state index contributed by atoms with van der Waals surface area (Å²) in [7, 11) is 0. The second-order valence-corrected chi connectivity index (χ2v) is 19.9. The van der Waals surface area contributed by atoms with E-state index in [1.165, 1.54) is 180 Å². The molecule has 306 valence electrons. The van der Waals surface area contributed by atoms with Crippen LogP contribution in [0.3, 0.4) is 0 Å². The van der Waals surface area contributed by atoms with Crippen LogP contribution < -0.4 is 5.73 Å². The zero-order chi connectivity index (χ0) is 37.9. The second kappa shape index (κ2) is 24.1. The minimum Gasteiger partial charge on any atom is -0.480 e. The van der Waals surface area contributed by atoms with Gasteiger partial charge in [-0.25, -0.2) is 0 Å². The Bertz CT molecular complexity index is 932. The molecule has 0 bridgehead atoms. The molecule has 0 aromatic carbocycles. The third kappa shape index (κ3) is 13.3. The molecule has 0 heterocycles. The van der Waals surface area contributed by atoms with Crippen LogP contribution in [0.15, 0.2) is 0 Å². The van der Waals surface area contributed by atoms with Crippen LogP contribution in [0, 0.1) is 46.3 Å². The maximum absolute atomic E-state index is 12.2. The lowest BCUT2D eigenvalue weighted by Gasteiger charge is -2.61. The third-order valence-electron chi connectivity index (χ3n) is 16.1. The van der Waals surface area contributed by atoms with Crippen molar-refractivity contribution in [2.24, 2.45) is 52.1 Å². The molecule has 3 unspecified atom stereocenters. The van der Waals surface area contributed by atoms with Crippen molar-refractivity contribution in [2.45, 2.75) is 259 Å². The number of carbonyl (C=O) groups is 1. The zero-order valence-electron chi connectivity index (χ0n) is 36.2. The molecule has 52 heavy (non-hydrogen) atoms. The van der Waals surface area contributed by atoms with Gasteiger partial charge in [-0.1, -0.05) is 189 Å². The molecular formula is C49H93NO2. The Morgan fingerprint density at radius 3 is 1.60 bits per heavy atom. The van der Waals surface area contributed by atoms with Crippen molar-refractivity contribution in [3.8, 4) is 0 Å². The maximum Gasteiger partial charge on any atom is 0.323 e. The molecule has 4 rings (SSSR count). The van der Waals surface area contributed by atoms with E-state index in [0.717, 1.165) is 42.9 Å². The van der Waals surface area contributed by atoms with E-state index in [4.69, 9.17) is 5.73 Å². The van der Waals surface area contributed by atoms with Crippen LogP contribution >= 0.6 is 0 Å². The highest BCUT2D eigenvalue weighted by molar-refractivity contribution is 5.78. The predicted octanol–water partition coefficient (Wildman–Crippen LogP) is 15.5. The minimum absolute atomic E-state index is 0.390. The lowest BCUT2D eigenvalue weighted by Crippen LogP contribution is -2.54. The summed E-state index contributed by atoms with van der Waals surface area (Å²) in [6.45, 7) is 14.3. The first-order valence-corrected chi connectivity index (χ1v) is 24.1. The highest BCUT2D eigenvalue weighted by Crippen LogP contribution is 2.68. The molecule has 0 aliphatic heterocycles. The standard InChI is InChI=1S/C29H51NO2.C20H42/c1-5-6-8-17-29(30,26(31)32)19-20(2)23-13-14-24-22-12-11-21-10-7-9-16-27(21,3)25(22)15-18-28(23,24)4;1-3-5-7-9-11-13-15-17-19-20-18-16-14-12-10-8-6-4-2/h20-25H,5-19,30H2,1-4H3,(H,31,32);3-20H2,1-2H3/t20?,21?,22-,23+,24-,25-,27-,28+,29?;/m0./s1. The molecular weight excluding hydrogens is 635 g/mol. The molecule has 4 saturated carbocycles. The molecule has 0 radical (unpaired) electrons. The third-order valence-corrected chi connectivity index (χ3v) is 16.1. The van der Waals surface area contributed by atoms with Gasteiger partial charge in [-0.05, 0) is 111 Å². The van der Waals surface area contributed by atoms with Gasteiger partial charge in [0.2, 0.25) is 0 Å². The summed E-state index contributed by atoms with van der Waals surface area (Å²) in [5.41, 5.74) is 6.50. The first-order valence-electron chi connectivity index (χ1n) is 24.1. The van der Waals surface area contributed by atoms with E-state index in [2.05, 4.69) is 41.5 Å². The largest absolute Gasteiger partial charge is 0.480 e. The summed E-state index contributed by atoms with van der Waals surface area (Å²) in [4.78, 5) is 12.2. The van der Waals surface area contributed by atoms with Gasteiger partial charge in [-0.15, -0.1) is 0 Å². The van der Waals surface area contributed by atoms with Crippen molar-refractivity contribution in [2.75, 3.05) is 0 Å². The number of fused-ring (bicyclic) bond motifs is 5. The molecule has 9 atom stereocenters. The lowest BCUT2D eigenvalue weighted by molar-refractivity contribution is -0.145. The maximum atomic E-state index is 12.2. The molecule has 3 nitrogen and oxygen atoms in total. The molecule has 0 saturated heterocycles. The van der Waals surface area contributed by atoms with Gasteiger partial charge in [0.05, 0.1) is 0 Å². The normalized spacial score (nSPS) is 31.4. The molecule has 4 fully saturated rings. The number of aliphatic carboxylic acids is 1. The molecule has 3 heteroatoms. The smallest absolute Gasteiger partial charge is 0.323 e. The molecule has 0 aromatic rings. The van der Waals surface area contributed by atoms with E-state index in [1.54, 1.807) is 0 Å². The Balaban J connectivity index is 0.000000316. The number of unbranched alkanes of at least 4 members (excludes halogenated alkanes) is 19. The lowest BCUT2D eigenvalue weighted by atomic mass is 9.44. The van der Waals surface area contributed by atoms with Gasteiger partial charge in [0.25, 0.3) is 0 Å². The highest BCUT2D eigenvalue weighted by atomic mass is 16.4. The van der Waals surface area contributed by atoms with Gasteiger partial charge in [-0.2, -0.15) is 0 Å². The van der Waals surface area contributed by atoms with E-state index in [0.29, 0.717) is 35.5 Å². The minimum atomic E-state index is -1.05. The Morgan fingerprint density at radius 2 is 1.10 bits per heavy atom. The number of hydrogen-bond acceptors (Lipinski definition) is 2. The Kier molecular flexibility index (Phi) is 21.3. The van der Waals surface area contributed by atoms with Gasteiger partial charge in [0, 0.05) is 0 Å². The van der Waals surface area contributed by atoms with Crippen LogP contribution in [0.4, 0.5) is 0 Å². The number of nitrogens with two attached hydrogens (primary N) is 1. The fraction of sp³-hybridized carbons (Fsp3) is 0.980. The van der Waals surface area contributed by atoms with E-state index in [9.17, 15) is 9.90 Å². The van der Waals surface area contributed by atoms with Crippen molar-refractivity contribution < 1.29 is 9.90 Å². The van der Waals surface area contributed by atoms with Gasteiger partial charge < -0.3 is 10.8 Å². The topological polar surface area (TPSA) is 63.3 Å². The number of carboxylic acid groups (broad SMARTS) is 1. The SMILES string of the molecule is CCCCCC(N)(CC(C)[C@H]1CC[C@H]2[C@@H]3CCC4CCCC[C@]4(C)[C@H]3CC[C@]12C)C(=O)O.CCCCCCCCCCCCCCCCCCCC. The summed E-state index contributed by atoms with van der Waals surface area (Å²) < 4.78 is 0. The molecule has 4 aliphatic carbocycles. The molecule has 4 aliphatic rings. The van der Waals surface area contributed by atoms with Crippen molar-refractivity contribution in [1.29, 1.82) is 0 Å². The number of carboxylic acids is 1. The van der Waals surface area contributed by atoms with Crippen molar-refractivity contribution in [3.63, 3.8) is 0 Å². The molecule has 3 N–H and O–H groups in total.